The lowest BCUT2D eigenvalue weighted by atomic mass is 10.1. The quantitative estimate of drug-likeness (QED) is 0.709. The molecule has 1 aromatic carbocycles. The summed E-state index contributed by atoms with van der Waals surface area (Å²) in [6.07, 6.45) is 0.718. The van der Waals surface area contributed by atoms with E-state index in [-0.39, 0.29) is 12.0 Å². The Balaban J connectivity index is 1.94. The number of nitrogens with zero attached hydrogens (tertiary/aromatic N) is 1. The summed E-state index contributed by atoms with van der Waals surface area (Å²) >= 11 is 0. The average molecular weight is 220 g/mol. The van der Waals surface area contributed by atoms with Crippen molar-refractivity contribution < 1.29 is 9.90 Å². The SMILES string of the molecule is Nc1ccc(CC(=O)N2CCC(O)C2)cc1. The predicted octanol–water partition coefficient (Wildman–Crippen LogP) is 0.404. The van der Waals surface area contributed by atoms with E-state index in [0.29, 0.717) is 31.6 Å². The Morgan fingerprint density at radius 3 is 2.69 bits per heavy atom. The van der Waals surface area contributed by atoms with E-state index in [9.17, 15) is 9.90 Å². The zero-order valence-electron chi connectivity index (χ0n) is 9.10. The molecule has 1 aliphatic heterocycles. The molecule has 2 rings (SSSR count). The lowest BCUT2D eigenvalue weighted by Crippen LogP contribution is -2.30. The van der Waals surface area contributed by atoms with E-state index in [2.05, 4.69) is 0 Å². The first kappa shape index (κ1) is 11.0. The molecule has 16 heavy (non-hydrogen) atoms. The van der Waals surface area contributed by atoms with Gasteiger partial charge in [-0.05, 0) is 24.1 Å². The van der Waals surface area contributed by atoms with Crippen LogP contribution < -0.4 is 5.73 Å². The number of carbonyl (C=O) groups excluding carboxylic acids is 1. The van der Waals surface area contributed by atoms with E-state index in [1.54, 1.807) is 17.0 Å². The van der Waals surface area contributed by atoms with Crippen LogP contribution in [0.15, 0.2) is 24.3 Å². The molecule has 1 aliphatic rings. The number of likely N-dealkylation sites (tertiary alicyclic amines) is 1. The van der Waals surface area contributed by atoms with Gasteiger partial charge in [0.15, 0.2) is 0 Å². The van der Waals surface area contributed by atoms with Crippen LogP contribution in [0.3, 0.4) is 0 Å². The van der Waals surface area contributed by atoms with Crippen molar-refractivity contribution in [2.45, 2.75) is 18.9 Å². The second kappa shape index (κ2) is 4.53. The highest BCUT2D eigenvalue weighted by molar-refractivity contribution is 5.79. The fourth-order valence-corrected chi connectivity index (χ4v) is 1.89. The molecule has 1 fully saturated rings. The van der Waals surface area contributed by atoms with Gasteiger partial charge >= 0.3 is 0 Å². The molecule has 0 bridgehead atoms. The van der Waals surface area contributed by atoms with Crippen LogP contribution >= 0.6 is 0 Å². The molecule has 4 heteroatoms. The maximum Gasteiger partial charge on any atom is 0.227 e. The zero-order chi connectivity index (χ0) is 11.5. The number of anilines is 1. The smallest absolute Gasteiger partial charge is 0.227 e. The normalized spacial score (nSPS) is 20.1. The van der Waals surface area contributed by atoms with E-state index in [1.807, 2.05) is 12.1 Å². The molecule has 0 aromatic heterocycles. The van der Waals surface area contributed by atoms with Crippen molar-refractivity contribution >= 4 is 11.6 Å². The molecule has 0 radical (unpaired) electrons. The van der Waals surface area contributed by atoms with Crippen LogP contribution in [0, 0.1) is 0 Å². The molecule has 86 valence electrons. The van der Waals surface area contributed by atoms with Gasteiger partial charge in [-0.15, -0.1) is 0 Å². The average Bonchev–Trinajstić information content (AvgIpc) is 2.68. The highest BCUT2D eigenvalue weighted by Gasteiger charge is 2.24. The number of aliphatic hydroxyl groups is 1. The number of hydrogen-bond donors (Lipinski definition) is 2. The van der Waals surface area contributed by atoms with Gasteiger partial charge in [0.1, 0.15) is 0 Å². The number of benzene rings is 1. The molecule has 4 nitrogen and oxygen atoms in total. The molecule has 0 saturated carbocycles. The summed E-state index contributed by atoms with van der Waals surface area (Å²) in [4.78, 5) is 13.5. The van der Waals surface area contributed by atoms with E-state index >= 15 is 0 Å². The molecule has 0 aliphatic carbocycles. The fourth-order valence-electron chi connectivity index (χ4n) is 1.89. The van der Waals surface area contributed by atoms with E-state index < -0.39 is 0 Å². The Labute approximate surface area is 94.7 Å². The summed E-state index contributed by atoms with van der Waals surface area (Å²) in [6.45, 7) is 1.13. The summed E-state index contributed by atoms with van der Waals surface area (Å²) in [5, 5.41) is 9.34. The number of hydrogen-bond acceptors (Lipinski definition) is 3. The van der Waals surface area contributed by atoms with Crippen LogP contribution in [0.4, 0.5) is 5.69 Å². The van der Waals surface area contributed by atoms with Gasteiger partial charge < -0.3 is 15.7 Å². The topological polar surface area (TPSA) is 66.6 Å². The molecule has 0 spiro atoms. The van der Waals surface area contributed by atoms with Crippen molar-refractivity contribution in [1.82, 2.24) is 4.90 Å². The van der Waals surface area contributed by atoms with Crippen LogP contribution in [0.25, 0.3) is 0 Å². The van der Waals surface area contributed by atoms with Crippen molar-refractivity contribution in [2.75, 3.05) is 18.8 Å². The maximum atomic E-state index is 11.8. The van der Waals surface area contributed by atoms with Gasteiger partial charge in [-0.25, -0.2) is 0 Å². The summed E-state index contributed by atoms with van der Waals surface area (Å²) in [5.74, 6) is 0.0707. The Kier molecular flexibility index (Phi) is 3.10. The lowest BCUT2D eigenvalue weighted by molar-refractivity contribution is -0.129. The first-order chi connectivity index (χ1) is 7.65. The standard InChI is InChI=1S/C12H16N2O2/c13-10-3-1-9(2-4-10)7-12(16)14-6-5-11(15)8-14/h1-4,11,15H,5-8,13H2. The van der Waals surface area contributed by atoms with E-state index in [1.165, 1.54) is 0 Å². The van der Waals surface area contributed by atoms with Crippen molar-refractivity contribution in [3.05, 3.63) is 29.8 Å². The third kappa shape index (κ3) is 2.52. The van der Waals surface area contributed by atoms with Gasteiger partial charge in [-0.3, -0.25) is 4.79 Å². The molecular weight excluding hydrogens is 204 g/mol. The minimum atomic E-state index is -0.352. The number of rotatable bonds is 2. The van der Waals surface area contributed by atoms with E-state index in [4.69, 9.17) is 5.73 Å². The second-order valence-corrected chi connectivity index (χ2v) is 4.20. The highest BCUT2D eigenvalue weighted by Crippen LogP contribution is 2.12. The highest BCUT2D eigenvalue weighted by atomic mass is 16.3. The van der Waals surface area contributed by atoms with Crippen molar-refractivity contribution in [1.29, 1.82) is 0 Å². The van der Waals surface area contributed by atoms with Gasteiger partial charge in [-0.1, -0.05) is 12.1 Å². The first-order valence-electron chi connectivity index (χ1n) is 5.45. The number of nitrogens with two attached hydrogens (primary N) is 1. The molecule has 1 aromatic rings. The minimum absolute atomic E-state index is 0.0707. The second-order valence-electron chi connectivity index (χ2n) is 4.20. The zero-order valence-corrected chi connectivity index (χ0v) is 9.10. The van der Waals surface area contributed by atoms with Gasteiger partial charge in [0.05, 0.1) is 12.5 Å². The summed E-state index contributed by atoms with van der Waals surface area (Å²) in [5.41, 5.74) is 7.23. The molecule has 1 saturated heterocycles. The van der Waals surface area contributed by atoms with Crippen molar-refractivity contribution in [2.24, 2.45) is 0 Å². The Hall–Kier alpha value is -1.55. The Morgan fingerprint density at radius 2 is 2.12 bits per heavy atom. The summed E-state index contributed by atoms with van der Waals surface area (Å²) in [6, 6.07) is 7.31. The molecular formula is C12H16N2O2. The number of carbonyl (C=O) groups is 1. The number of nitrogen functional groups attached to an aromatic ring is 1. The molecule has 3 N–H and O–H groups in total. The van der Waals surface area contributed by atoms with Gasteiger partial charge in [-0.2, -0.15) is 0 Å². The molecule has 1 unspecified atom stereocenters. The van der Waals surface area contributed by atoms with Crippen molar-refractivity contribution in [3.63, 3.8) is 0 Å². The van der Waals surface area contributed by atoms with Crippen LogP contribution in [0.2, 0.25) is 0 Å². The third-order valence-electron chi connectivity index (χ3n) is 2.85. The minimum Gasteiger partial charge on any atom is -0.399 e. The largest absolute Gasteiger partial charge is 0.399 e. The van der Waals surface area contributed by atoms with Gasteiger partial charge in [0, 0.05) is 18.8 Å². The molecule has 1 amide bonds. The van der Waals surface area contributed by atoms with Crippen LogP contribution in [0.5, 0.6) is 0 Å². The van der Waals surface area contributed by atoms with Gasteiger partial charge in [0.2, 0.25) is 5.91 Å². The number of aliphatic hydroxyl groups excluding tert-OH is 1. The Morgan fingerprint density at radius 1 is 1.44 bits per heavy atom. The number of β-amino-alcohol motifs (C(OH)–C–C–N with tert-alkyl or cyclic N) is 1. The molecule has 1 atom stereocenters. The molecule has 1 heterocycles. The monoisotopic (exact) mass is 220 g/mol. The van der Waals surface area contributed by atoms with Crippen LogP contribution in [-0.2, 0) is 11.2 Å². The van der Waals surface area contributed by atoms with Gasteiger partial charge in [0.25, 0.3) is 0 Å². The number of amides is 1. The third-order valence-corrected chi connectivity index (χ3v) is 2.85. The van der Waals surface area contributed by atoms with Crippen molar-refractivity contribution in [3.8, 4) is 0 Å². The summed E-state index contributed by atoms with van der Waals surface area (Å²) in [7, 11) is 0. The van der Waals surface area contributed by atoms with E-state index in [0.717, 1.165) is 5.56 Å². The van der Waals surface area contributed by atoms with Crippen LogP contribution in [-0.4, -0.2) is 35.1 Å². The fraction of sp³-hybridized carbons (Fsp3) is 0.417. The summed E-state index contributed by atoms with van der Waals surface area (Å²) < 4.78 is 0. The lowest BCUT2D eigenvalue weighted by Gasteiger charge is -2.15. The maximum absolute atomic E-state index is 11.8. The Bertz CT molecular complexity index is 375. The predicted molar refractivity (Wildman–Crippen MR) is 61.8 cm³/mol. The van der Waals surface area contributed by atoms with Crippen LogP contribution in [0.1, 0.15) is 12.0 Å². The first-order valence-corrected chi connectivity index (χ1v) is 5.45.